The number of para-hydroxylation sites is 1. The minimum Gasteiger partial charge on any atom is -0.460 e. The van der Waals surface area contributed by atoms with Crippen molar-refractivity contribution in [2.24, 2.45) is 0 Å². The van der Waals surface area contributed by atoms with Crippen molar-refractivity contribution in [3.63, 3.8) is 0 Å². The number of ether oxygens (including phenoxy) is 1. The summed E-state index contributed by atoms with van der Waals surface area (Å²) in [4.78, 5) is 25.0. The van der Waals surface area contributed by atoms with Crippen molar-refractivity contribution in [3.05, 3.63) is 77.6 Å². The number of hydrogen-bond acceptors (Lipinski definition) is 6. The molecule has 0 aliphatic rings. The number of aromatic nitrogens is 2. The van der Waals surface area contributed by atoms with Crippen molar-refractivity contribution in [1.29, 1.82) is 0 Å². The maximum Gasteiger partial charge on any atom is 0.379 e. The number of rotatable bonds is 8. The Labute approximate surface area is 175 Å². The number of carbonyl (C=O) groups excluding carboxylic acids is 2. The molecule has 0 amide bonds. The van der Waals surface area contributed by atoms with Gasteiger partial charge in [-0.3, -0.25) is 4.79 Å². The maximum atomic E-state index is 12.6. The number of aryl methyl sites for hydroxylation is 1. The maximum absolute atomic E-state index is 12.6. The van der Waals surface area contributed by atoms with Crippen molar-refractivity contribution in [1.82, 2.24) is 9.78 Å². The smallest absolute Gasteiger partial charge is 0.379 e. The molecule has 8 heteroatoms. The van der Waals surface area contributed by atoms with Gasteiger partial charge in [-0.1, -0.05) is 36.4 Å². The standard InChI is InChI=1S/C22H22N2O5S/c1-16-20(17(2)24(23-16)18-10-5-3-6-11-18)21(25)22(26)29-14-9-15-30(27,28)19-12-7-4-8-13-19/h3-8,10-13H,9,14-15H2,1-2H3. The third kappa shape index (κ3) is 4.65. The van der Waals surface area contributed by atoms with E-state index in [1.165, 1.54) is 12.1 Å². The van der Waals surface area contributed by atoms with Crippen LogP contribution in [-0.2, 0) is 19.4 Å². The molecule has 0 fully saturated rings. The number of benzene rings is 2. The van der Waals surface area contributed by atoms with Gasteiger partial charge < -0.3 is 4.74 Å². The monoisotopic (exact) mass is 426 g/mol. The van der Waals surface area contributed by atoms with Crippen LogP contribution in [-0.4, -0.2) is 42.3 Å². The molecule has 0 aliphatic carbocycles. The first-order chi connectivity index (χ1) is 14.3. The summed E-state index contributed by atoms with van der Waals surface area (Å²) in [5.74, 6) is -1.99. The number of sulfone groups is 1. The molecule has 0 aliphatic heterocycles. The van der Waals surface area contributed by atoms with E-state index in [1.807, 2.05) is 30.3 Å². The number of esters is 1. The minimum absolute atomic E-state index is 0.0947. The summed E-state index contributed by atoms with van der Waals surface area (Å²) in [6.45, 7) is 3.20. The second-order valence-corrected chi connectivity index (χ2v) is 8.85. The van der Waals surface area contributed by atoms with Crippen molar-refractivity contribution < 1.29 is 22.7 Å². The molecule has 2 aromatic carbocycles. The predicted octanol–water partition coefficient (Wildman–Crippen LogP) is 3.08. The van der Waals surface area contributed by atoms with Crippen molar-refractivity contribution in [2.45, 2.75) is 25.2 Å². The van der Waals surface area contributed by atoms with Crippen molar-refractivity contribution in [3.8, 4) is 5.69 Å². The van der Waals surface area contributed by atoms with Crippen LogP contribution in [0.5, 0.6) is 0 Å². The van der Waals surface area contributed by atoms with Crippen molar-refractivity contribution >= 4 is 21.6 Å². The Morgan fingerprint density at radius 1 is 0.967 bits per heavy atom. The van der Waals surface area contributed by atoms with E-state index in [0.29, 0.717) is 11.4 Å². The molecule has 0 N–H and O–H groups in total. The SMILES string of the molecule is Cc1nn(-c2ccccc2)c(C)c1C(=O)C(=O)OCCCS(=O)(=O)c1ccccc1. The first kappa shape index (κ1) is 21.4. The number of Topliss-reactive ketones (excluding diaryl/α,β-unsaturated/α-hetero) is 1. The Hall–Kier alpha value is -3.26. The second-order valence-electron chi connectivity index (χ2n) is 6.74. The molecule has 1 aromatic heterocycles. The number of hydrogen-bond donors (Lipinski definition) is 0. The van der Waals surface area contributed by atoms with Crippen LogP contribution in [0.2, 0.25) is 0 Å². The fourth-order valence-corrected chi connectivity index (χ4v) is 4.42. The zero-order valence-corrected chi connectivity index (χ0v) is 17.6. The van der Waals surface area contributed by atoms with Gasteiger partial charge >= 0.3 is 5.97 Å². The Kier molecular flexibility index (Phi) is 6.47. The number of ketones is 1. The number of nitrogens with zero attached hydrogens (tertiary/aromatic N) is 2. The van der Waals surface area contributed by atoms with Gasteiger partial charge in [-0.2, -0.15) is 5.10 Å². The van der Waals surface area contributed by atoms with E-state index < -0.39 is 21.6 Å². The molecule has 0 spiro atoms. The van der Waals surface area contributed by atoms with Crippen LogP contribution in [0.15, 0.2) is 65.6 Å². The Balaban J connectivity index is 1.62. The zero-order chi connectivity index (χ0) is 21.7. The molecular formula is C22H22N2O5S. The lowest BCUT2D eigenvalue weighted by Crippen LogP contribution is -2.20. The van der Waals surface area contributed by atoms with E-state index >= 15 is 0 Å². The van der Waals surface area contributed by atoms with Crippen LogP contribution in [0.4, 0.5) is 0 Å². The van der Waals surface area contributed by atoms with E-state index in [9.17, 15) is 18.0 Å². The van der Waals surface area contributed by atoms with Gasteiger partial charge in [0.1, 0.15) is 0 Å². The third-order valence-corrected chi connectivity index (χ3v) is 6.41. The van der Waals surface area contributed by atoms with E-state index in [-0.39, 0.29) is 29.2 Å². The van der Waals surface area contributed by atoms with Gasteiger partial charge in [-0.15, -0.1) is 0 Å². The highest BCUT2D eigenvalue weighted by Crippen LogP contribution is 2.19. The summed E-state index contributed by atoms with van der Waals surface area (Å²) in [6.07, 6.45) is 0.0947. The topological polar surface area (TPSA) is 95.3 Å². The average Bonchev–Trinajstić information content (AvgIpc) is 3.05. The quantitative estimate of drug-likeness (QED) is 0.238. The van der Waals surface area contributed by atoms with Crippen LogP contribution in [0.3, 0.4) is 0 Å². The lowest BCUT2D eigenvalue weighted by Gasteiger charge is -2.07. The first-order valence-electron chi connectivity index (χ1n) is 9.42. The molecule has 3 rings (SSSR count). The summed E-state index contributed by atoms with van der Waals surface area (Å²) in [7, 11) is -3.46. The molecule has 0 radical (unpaired) electrons. The van der Waals surface area contributed by atoms with E-state index in [2.05, 4.69) is 5.10 Å². The summed E-state index contributed by atoms with van der Waals surface area (Å²) in [5, 5.41) is 4.35. The Bertz CT molecular complexity index is 1150. The molecule has 0 saturated heterocycles. The molecule has 156 valence electrons. The van der Waals surface area contributed by atoms with Gasteiger partial charge in [0.15, 0.2) is 9.84 Å². The zero-order valence-electron chi connectivity index (χ0n) is 16.7. The predicted molar refractivity (Wildman–Crippen MR) is 111 cm³/mol. The minimum atomic E-state index is -3.46. The molecule has 0 saturated carbocycles. The molecule has 0 bridgehead atoms. The van der Waals surface area contributed by atoms with Gasteiger partial charge in [0.25, 0.3) is 5.78 Å². The molecular weight excluding hydrogens is 404 g/mol. The Morgan fingerprint density at radius 2 is 1.57 bits per heavy atom. The lowest BCUT2D eigenvalue weighted by molar-refractivity contribution is -0.138. The summed E-state index contributed by atoms with van der Waals surface area (Å²) >= 11 is 0. The van der Waals surface area contributed by atoms with Crippen LogP contribution in [0.1, 0.15) is 28.2 Å². The lowest BCUT2D eigenvalue weighted by atomic mass is 10.1. The van der Waals surface area contributed by atoms with E-state index in [1.54, 1.807) is 36.7 Å². The van der Waals surface area contributed by atoms with Gasteiger partial charge in [-0.25, -0.2) is 17.9 Å². The van der Waals surface area contributed by atoms with Gasteiger partial charge in [-0.05, 0) is 44.5 Å². The molecule has 7 nitrogen and oxygen atoms in total. The molecule has 0 atom stereocenters. The van der Waals surface area contributed by atoms with Gasteiger partial charge in [0.05, 0.1) is 39.9 Å². The highest BCUT2D eigenvalue weighted by Gasteiger charge is 2.26. The fourth-order valence-electron chi connectivity index (χ4n) is 3.12. The highest BCUT2D eigenvalue weighted by atomic mass is 32.2. The molecule has 30 heavy (non-hydrogen) atoms. The van der Waals surface area contributed by atoms with Crippen LogP contribution < -0.4 is 0 Å². The third-order valence-electron chi connectivity index (χ3n) is 4.60. The normalized spacial score (nSPS) is 11.3. The van der Waals surface area contributed by atoms with Crippen LogP contribution >= 0.6 is 0 Å². The molecule has 3 aromatic rings. The van der Waals surface area contributed by atoms with Crippen LogP contribution in [0.25, 0.3) is 5.69 Å². The Morgan fingerprint density at radius 3 is 2.20 bits per heavy atom. The first-order valence-corrected chi connectivity index (χ1v) is 11.1. The van der Waals surface area contributed by atoms with Crippen LogP contribution in [0, 0.1) is 13.8 Å². The molecule has 1 heterocycles. The number of carbonyl (C=O) groups is 2. The largest absolute Gasteiger partial charge is 0.460 e. The molecule has 0 unspecified atom stereocenters. The van der Waals surface area contributed by atoms with E-state index in [0.717, 1.165) is 5.69 Å². The second kappa shape index (κ2) is 9.04. The average molecular weight is 426 g/mol. The highest BCUT2D eigenvalue weighted by molar-refractivity contribution is 7.91. The van der Waals surface area contributed by atoms with Crippen molar-refractivity contribution in [2.75, 3.05) is 12.4 Å². The van der Waals surface area contributed by atoms with Gasteiger partial charge in [0.2, 0.25) is 0 Å². The summed E-state index contributed by atoms with van der Waals surface area (Å²) in [5.41, 5.74) is 1.93. The summed E-state index contributed by atoms with van der Waals surface area (Å²) < 4.78 is 31.1. The van der Waals surface area contributed by atoms with Gasteiger partial charge in [0, 0.05) is 0 Å². The summed E-state index contributed by atoms with van der Waals surface area (Å²) in [6, 6.07) is 17.3. The fraction of sp³-hybridized carbons (Fsp3) is 0.227. The van der Waals surface area contributed by atoms with E-state index in [4.69, 9.17) is 4.74 Å².